The van der Waals surface area contributed by atoms with Crippen molar-refractivity contribution < 1.29 is 9.47 Å². The zero-order chi connectivity index (χ0) is 12.1. The minimum absolute atomic E-state index is 0.331. The van der Waals surface area contributed by atoms with E-state index in [1.54, 1.807) is 7.11 Å². The lowest BCUT2D eigenvalue weighted by atomic mass is 10.1. The maximum absolute atomic E-state index is 5.63. The summed E-state index contributed by atoms with van der Waals surface area (Å²) >= 11 is 0. The van der Waals surface area contributed by atoms with E-state index in [0.29, 0.717) is 19.3 Å². The molecule has 17 heavy (non-hydrogen) atoms. The van der Waals surface area contributed by atoms with E-state index >= 15 is 0 Å². The maximum Gasteiger partial charge on any atom is 0.128 e. The van der Waals surface area contributed by atoms with Crippen LogP contribution in [-0.4, -0.2) is 44.5 Å². The molecule has 4 heteroatoms. The molecule has 0 aliphatic carbocycles. The molecule has 0 unspecified atom stereocenters. The summed E-state index contributed by atoms with van der Waals surface area (Å²) in [5.74, 6) is 1.07. The summed E-state index contributed by atoms with van der Waals surface area (Å²) in [7, 11) is 1.69. The Morgan fingerprint density at radius 3 is 2.94 bits per heavy atom. The van der Waals surface area contributed by atoms with Crippen molar-refractivity contribution in [2.24, 2.45) is 0 Å². The van der Waals surface area contributed by atoms with Crippen molar-refractivity contribution in [2.75, 3.05) is 38.3 Å². The molecule has 4 nitrogen and oxygen atoms in total. The predicted octanol–water partition coefficient (Wildman–Crippen LogP) is 1.50. The van der Waals surface area contributed by atoms with Gasteiger partial charge < -0.3 is 14.4 Å². The van der Waals surface area contributed by atoms with Gasteiger partial charge >= 0.3 is 0 Å². The summed E-state index contributed by atoms with van der Waals surface area (Å²) in [6, 6.07) is 4.22. The lowest BCUT2D eigenvalue weighted by molar-refractivity contribution is 0.00375. The molecule has 1 fully saturated rings. The average molecular weight is 236 g/mol. The highest BCUT2D eigenvalue weighted by molar-refractivity contribution is 5.44. The molecule has 2 rings (SSSR count). The second-order valence-corrected chi connectivity index (χ2v) is 4.27. The molecule has 0 N–H and O–H groups in total. The quantitative estimate of drug-likeness (QED) is 0.701. The summed E-state index contributed by atoms with van der Waals surface area (Å²) in [5.41, 5.74) is 1.33. The molecule has 1 aliphatic heterocycles. The van der Waals surface area contributed by atoms with Crippen molar-refractivity contribution in [3.63, 3.8) is 0 Å². The van der Waals surface area contributed by atoms with Gasteiger partial charge in [0.05, 0.1) is 19.3 Å². The highest BCUT2D eigenvalue weighted by atomic mass is 16.5. The largest absolute Gasteiger partial charge is 0.382 e. The molecule has 0 atom stereocenters. The first-order chi connectivity index (χ1) is 8.33. The summed E-state index contributed by atoms with van der Waals surface area (Å²) in [6.07, 6.45) is 3.27. The summed E-state index contributed by atoms with van der Waals surface area (Å²) < 4.78 is 10.6. The first-order valence-corrected chi connectivity index (χ1v) is 6.14. The van der Waals surface area contributed by atoms with E-state index < -0.39 is 0 Å². The van der Waals surface area contributed by atoms with E-state index in [9.17, 15) is 0 Å². The van der Waals surface area contributed by atoms with Crippen LogP contribution in [0.4, 0.5) is 5.82 Å². The molecule has 1 aromatic heterocycles. The van der Waals surface area contributed by atoms with Crippen molar-refractivity contribution in [3.05, 3.63) is 23.9 Å². The molecule has 0 spiro atoms. The Morgan fingerprint density at radius 2 is 2.24 bits per heavy atom. The number of anilines is 1. The molecule has 0 radical (unpaired) electrons. The van der Waals surface area contributed by atoms with Gasteiger partial charge in [-0.1, -0.05) is 6.92 Å². The molecule has 2 heterocycles. The van der Waals surface area contributed by atoms with E-state index in [-0.39, 0.29) is 0 Å². The first kappa shape index (κ1) is 12.3. The molecule has 1 saturated heterocycles. The fraction of sp³-hybridized carbons (Fsp3) is 0.615. The van der Waals surface area contributed by atoms with Crippen molar-refractivity contribution in [2.45, 2.75) is 19.4 Å². The minimum Gasteiger partial charge on any atom is -0.382 e. The van der Waals surface area contributed by atoms with Crippen LogP contribution in [0.5, 0.6) is 0 Å². The number of hydrogen-bond donors (Lipinski definition) is 0. The number of pyridine rings is 1. The van der Waals surface area contributed by atoms with Gasteiger partial charge in [-0.25, -0.2) is 4.98 Å². The van der Waals surface area contributed by atoms with Crippen molar-refractivity contribution >= 4 is 5.82 Å². The summed E-state index contributed by atoms with van der Waals surface area (Å²) in [6.45, 7) is 5.37. The zero-order valence-corrected chi connectivity index (χ0v) is 10.6. The van der Waals surface area contributed by atoms with Gasteiger partial charge in [-0.05, 0) is 24.1 Å². The number of aromatic nitrogens is 1. The Hall–Kier alpha value is -1.13. The first-order valence-electron chi connectivity index (χ1n) is 6.14. The van der Waals surface area contributed by atoms with Gasteiger partial charge in [0.2, 0.25) is 0 Å². The van der Waals surface area contributed by atoms with Crippen LogP contribution in [0, 0.1) is 0 Å². The Morgan fingerprint density at radius 1 is 1.41 bits per heavy atom. The molecule has 0 saturated carbocycles. The van der Waals surface area contributed by atoms with E-state index in [0.717, 1.165) is 25.3 Å². The van der Waals surface area contributed by atoms with Crippen LogP contribution in [0.1, 0.15) is 12.5 Å². The lowest BCUT2D eigenvalue weighted by Gasteiger charge is -2.39. The number of nitrogens with zero attached hydrogens (tertiary/aromatic N) is 2. The number of hydrogen-bond acceptors (Lipinski definition) is 4. The normalized spacial score (nSPS) is 16.0. The SMILES string of the molecule is CCc1ccnc(N2CC(OCCOC)C2)c1. The molecule has 94 valence electrons. The molecular weight excluding hydrogens is 216 g/mol. The van der Waals surface area contributed by atoms with Crippen molar-refractivity contribution in [1.29, 1.82) is 0 Å². The monoisotopic (exact) mass is 236 g/mol. The highest BCUT2D eigenvalue weighted by Gasteiger charge is 2.28. The molecular formula is C13H20N2O2. The van der Waals surface area contributed by atoms with Gasteiger partial charge in [0.15, 0.2) is 0 Å². The third-order valence-electron chi connectivity index (χ3n) is 3.03. The zero-order valence-electron chi connectivity index (χ0n) is 10.6. The topological polar surface area (TPSA) is 34.6 Å². The van der Waals surface area contributed by atoms with E-state index in [1.807, 2.05) is 6.20 Å². The standard InChI is InChI=1S/C13H20N2O2/c1-3-11-4-5-14-13(8-11)15-9-12(10-15)17-7-6-16-2/h4-5,8,12H,3,6-7,9-10H2,1-2H3. The Bertz CT molecular complexity index is 351. The van der Waals surface area contributed by atoms with Crippen LogP contribution in [-0.2, 0) is 15.9 Å². The molecule has 0 bridgehead atoms. The molecule has 0 aromatic carbocycles. The molecule has 0 amide bonds. The van der Waals surface area contributed by atoms with Gasteiger partial charge in [-0.15, -0.1) is 0 Å². The fourth-order valence-electron chi connectivity index (χ4n) is 1.88. The average Bonchev–Trinajstić information content (AvgIpc) is 2.32. The Labute approximate surface area is 103 Å². The lowest BCUT2D eigenvalue weighted by Crippen LogP contribution is -2.53. The van der Waals surface area contributed by atoms with Gasteiger partial charge in [0.1, 0.15) is 5.82 Å². The van der Waals surface area contributed by atoms with Crippen LogP contribution < -0.4 is 4.90 Å². The third-order valence-corrected chi connectivity index (χ3v) is 3.03. The van der Waals surface area contributed by atoms with Crippen LogP contribution in [0.25, 0.3) is 0 Å². The van der Waals surface area contributed by atoms with Crippen LogP contribution in [0.15, 0.2) is 18.3 Å². The number of methoxy groups -OCH3 is 1. The smallest absolute Gasteiger partial charge is 0.128 e. The van der Waals surface area contributed by atoms with Crippen LogP contribution in [0.2, 0.25) is 0 Å². The number of aryl methyl sites for hydroxylation is 1. The number of rotatable bonds is 6. The second-order valence-electron chi connectivity index (χ2n) is 4.27. The second kappa shape index (κ2) is 5.98. The molecule has 1 aliphatic rings. The van der Waals surface area contributed by atoms with E-state index in [4.69, 9.17) is 9.47 Å². The van der Waals surface area contributed by atoms with Crippen molar-refractivity contribution in [3.8, 4) is 0 Å². The van der Waals surface area contributed by atoms with Gasteiger partial charge in [-0.2, -0.15) is 0 Å². The maximum atomic E-state index is 5.63. The van der Waals surface area contributed by atoms with Crippen molar-refractivity contribution in [1.82, 2.24) is 4.98 Å². The number of ether oxygens (including phenoxy) is 2. The Balaban J connectivity index is 1.78. The molecule has 1 aromatic rings. The minimum atomic E-state index is 0.331. The van der Waals surface area contributed by atoms with E-state index in [2.05, 4.69) is 28.9 Å². The predicted molar refractivity (Wildman–Crippen MR) is 67.4 cm³/mol. The Kier molecular flexibility index (Phi) is 4.34. The van der Waals surface area contributed by atoms with Gasteiger partial charge in [0, 0.05) is 26.4 Å². The van der Waals surface area contributed by atoms with Gasteiger partial charge in [-0.3, -0.25) is 0 Å². The summed E-state index contributed by atoms with van der Waals surface area (Å²) in [4.78, 5) is 6.63. The van der Waals surface area contributed by atoms with Crippen LogP contribution >= 0.6 is 0 Å². The van der Waals surface area contributed by atoms with Crippen LogP contribution in [0.3, 0.4) is 0 Å². The van der Waals surface area contributed by atoms with E-state index in [1.165, 1.54) is 5.56 Å². The summed E-state index contributed by atoms with van der Waals surface area (Å²) in [5, 5.41) is 0. The third kappa shape index (κ3) is 3.17. The van der Waals surface area contributed by atoms with Gasteiger partial charge in [0.25, 0.3) is 0 Å². The highest BCUT2D eigenvalue weighted by Crippen LogP contribution is 2.21. The fourth-order valence-corrected chi connectivity index (χ4v) is 1.88.